The van der Waals surface area contributed by atoms with Gasteiger partial charge >= 0.3 is 5.97 Å². The highest BCUT2D eigenvalue weighted by atomic mass is 32.1. The second-order valence-corrected chi connectivity index (χ2v) is 7.90. The third-order valence-electron chi connectivity index (χ3n) is 4.36. The zero-order valence-corrected chi connectivity index (χ0v) is 16.3. The molecule has 1 aliphatic rings. The van der Waals surface area contributed by atoms with Crippen molar-refractivity contribution >= 4 is 35.3 Å². The number of carbonyl (C=O) groups excluding carboxylic acids is 1. The molecule has 0 bridgehead atoms. The number of hydrogen-bond donors (Lipinski definition) is 4. The highest BCUT2D eigenvalue weighted by Crippen LogP contribution is 2.36. The van der Waals surface area contributed by atoms with E-state index in [0.717, 1.165) is 0 Å². The number of nitrogens with zero attached hydrogens (tertiary/aromatic N) is 3. The Kier molecular flexibility index (Phi) is 4.97. The molecule has 0 aromatic carbocycles. The van der Waals surface area contributed by atoms with Crippen molar-refractivity contribution in [3.8, 4) is 0 Å². The fraction of sp³-hybridized carbons (Fsp3) is 0.625. The Bertz CT molecular complexity index is 934. The van der Waals surface area contributed by atoms with Gasteiger partial charge in [0.05, 0.1) is 12.0 Å². The number of nitrogens with one attached hydrogen (secondary N) is 1. The summed E-state index contributed by atoms with van der Waals surface area (Å²) in [5.74, 6) is 0.0800. The maximum absolute atomic E-state index is 12.4. The van der Waals surface area contributed by atoms with E-state index in [1.807, 2.05) is 0 Å². The lowest BCUT2D eigenvalue weighted by atomic mass is 9.97. The summed E-state index contributed by atoms with van der Waals surface area (Å²) in [6, 6.07) is 0. The third kappa shape index (κ3) is 3.43. The Morgan fingerprint density at radius 1 is 1.44 bits per heavy atom. The molecular weight excluding hydrogens is 374 g/mol. The van der Waals surface area contributed by atoms with Crippen LogP contribution in [0.1, 0.15) is 32.8 Å². The summed E-state index contributed by atoms with van der Waals surface area (Å²) in [4.78, 5) is 23.6. The number of carbonyl (C=O) groups is 1. The Morgan fingerprint density at radius 3 is 2.70 bits per heavy atom. The van der Waals surface area contributed by atoms with E-state index in [0.29, 0.717) is 17.0 Å². The molecule has 4 atom stereocenters. The number of aryl methyl sites for hydroxylation is 1. The van der Waals surface area contributed by atoms with Crippen molar-refractivity contribution in [1.82, 2.24) is 19.5 Å². The van der Waals surface area contributed by atoms with Gasteiger partial charge < -0.3 is 30.4 Å². The molecule has 3 rings (SSSR count). The molecule has 5 N–H and O–H groups in total. The molecule has 11 heteroatoms. The van der Waals surface area contributed by atoms with Crippen LogP contribution in [-0.4, -0.2) is 60.6 Å². The van der Waals surface area contributed by atoms with Crippen molar-refractivity contribution in [1.29, 1.82) is 0 Å². The number of aliphatic hydroxyl groups excluding tert-OH is 2. The number of hydrogen-bond acceptors (Lipinski definition) is 9. The number of aliphatic hydroxyl groups is 2. The van der Waals surface area contributed by atoms with E-state index in [-0.39, 0.29) is 10.6 Å². The predicted molar refractivity (Wildman–Crippen MR) is 98.2 cm³/mol. The van der Waals surface area contributed by atoms with Crippen molar-refractivity contribution in [3.63, 3.8) is 0 Å². The Labute approximate surface area is 160 Å². The third-order valence-corrected chi connectivity index (χ3v) is 4.65. The summed E-state index contributed by atoms with van der Waals surface area (Å²) in [6.07, 6.45) is -4.13. The fourth-order valence-electron chi connectivity index (χ4n) is 2.94. The summed E-state index contributed by atoms with van der Waals surface area (Å²) < 4.78 is 13.2. The molecule has 2 unspecified atom stereocenters. The van der Waals surface area contributed by atoms with Crippen molar-refractivity contribution in [3.05, 3.63) is 10.5 Å². The highest BCUT2D eigenvalue weighted by molar-refractivity contribution is 7.71. The number of aromatic amines is 1. The van der Waals surface area contributed by atoms with E-state index < -0.39 is 42.5 Å². The van der Waals surface area contributed by atoms with Gasteiger partial charge in [-0.15, -0.1) is 0 Å². The molecule has 0 spiro atoms. The van der Waals surface area contributed by atoms with Gasteiger partial charge in [0.25, 0.3) is 0 Å². The minimum absolute atomic E-state index is 0.0918. The first-order valence-electron chi connectivity index (χ1n) is 8.44. The van der Waals surface area contributed by atoms with Crippen molar-refractivity contribution in [2.75, 3.05) is 12.3 Å². The van der Waals surface area contributed by atoms with Crippen molar-refractivity contribution in [2.24, 2.45) is 5.41 Å². The second kappa shape index (κ2) is 6.82. The first-order valence-corrected chi connectivity index (χ1v) is 8.85. The number of aromatic nitrogens is 4. The van der Waals surface area contributed by atoms with Crippen LogP contribution in [0.5, 0.6) is 0 Å². The molecule has 27 heavy (non-hydrogen) atoms. The van der Waals surface area contributed by atoms with Crippen LogP contribution in [0.2, 0.25) is 0 Å². The van der Waals surface area contributed by atoms with Crippen LogP contribution in [0.3, 0.4) is 0 Å². The summed E-state index contributed by atoms with van der Waals surface area (Å²) >= 11 is 5.20. The molecule has 148 valence electrons. The SMILES string of the molecule is Cc1nc2c(=S)nc(N)[nH]c2n1[C@@H]1O[C@H](CO)C(O)C1OC(=O)C(C)(C)C. The molecule has 0 radical (unpaired) electrons. The molecule has 10 nitrogen and oxygen atoms in total. The van der Waals surface area contributed by atoms with Crippen LogP contribution in [0.25, 0.3) is 11.2 Å². The number of ether oxygens (including phenoxy) is 2. The lowest BCUT2D eigenvalue weighted by Crippen LogP contribution is -2.39. The normalized spacial score (nSPS) is 25.9. The first kappa shape index (κ1) is 19.7. The van der Waals surface area contributed by atoms with Gasteiger partial charge in [0, 0.05) is 0 Å². The number of rotatable bonds is 3. The van der Waals surface area contributed by atoms with Crippen LogP contribution in [0, 0.1) is 17.0 Å². The molecular formula is C16H23N5O5S. The largest absolute Gasteiger partial charge is 0.454 e. The number of esters is 1. The van der Waals surface area contributed by atoms with Crippen LogP contribution in [0.15, 0.2) is 0 Å². The van der Waals surface area contributed by atoms with Gasteiger partial charge in [0.15, 0.2) is 22.9 Å². The van der Waals surface area contributed by atoms with E-state index in [1.54, 1.807) is 32.3 Å². The molecule has 1 fully saturated rings. The predicted octanol–water partition coefficient (Wildman–Crippen LogP) is 0.588. The summed E-state index contributed by atoms with van der Waals surface area (Å²) in [6.45, 7) is 6.39. The maximum Gasteiger partial charge on any atom is 0.311 e. The highest BCUT2D eigenvalue weighted by Gasteiger charge is 2.48. The molecule has 0 aliphatic carbocycles. The molecule has 3 heterocycles. The second-order valence-electron chi connectivity index (χ2n) is 7.51. The lowest BCUT2D eigenvalue weighted by molar-refractivity contribution is -0.168. The van der Waals surface area contributed by atoms with Crippen LogP contribution in [-0.2, 0) is 14.3 Å². The van der Waals surface area contributed by atoms with E-state index in [9.17, 15) is 15.0 Å². The maximum atomic E-state index is 12.4. The van der Waals surface area contributed by atoms with Gasteiger partial charge in [0.2, 0.25) is 0 Å². The molecule has 1 aliphatic heterocycles. The molecule has 0 amide bonds. The molecule has 0 saturated carbocycles. The quantitative estimate of drug-likeness (QED) is 0.431. The van der Waals surface area contributed by atoms with E-state index in [2.05, 4.69) is 15.0 Å². The molecule has 2 aromatic rings. The van der Waals surface area contributed by atoms with E-state index in [1.165, 1.54) is 0 Å². The van der Waals surface area contributed by atoms with Gasteiger partial charge in [-0.2, -0.15) is 0 Å². The average Bonchev–Trinajstić information content (AvgIpc) is 3.04. The molecule has 2 aromatic heterocycles. The van der Waals surface area contributed by atoms with Crippen LogP contribution in [0.4, 0.5) is 5.95 Å². The summed E-state index contributed by atoms with van der Waals surface area (Å²) in [5, 5.41) is 20.1. The zero-order chi connectivity index (χ0) is 20.1. The fourth-order valence-corrected chi connectivity index (χ4v) is 3.18. The van der Waals surface area contributed by atoms with E-state index in [4.69, 9.17) is 27.4 Å². The number of anilines is 1. The minimum atomic E-state index is -1.22. The number of nitrogens with two attached hydrogens (primary N) is 1. The Balaban J connectivity index is 2.10. The van der Waals surface area contributed by atoms with Crippen LogP contribution >= 0.6 is 12.2 Å². The van der Waals surface area contributed by atoms with Crippen molar-refractivity contribution in [2.45, 2.75) is 52.2 Å². The zero-order valence-electron chi connectivity index (χ0n) is 15.5. The Hall–Kier alpha value is -2.08. The van der Waals surface area contributed by atoms with Gasteiger partial charge in [-0.3, -0.25) is 9.36 Å². The molecule has 1 saturated heterocycles. The van der Waals surface area contributed by atoms with Gasteiger partial charge in [0.1, 0.15) is 29.2 Å². The lowest BCUT2D eigenvalue weighted by Gasteiger charge is -2.26. The van der Waals surface area contributed by atoms with Crippen molar-refractivity contribution < 1.29 is 24.5 Å². The topological polar surface area (TPSA) is 149 Å². The van der Waals surface area contributed by atoms with Crippen LogP contribution < -0.4 is 5.73 Å². The average molecular weight is 397 g/mol. The minimum Gasteiger partial charge on any atom is -0.454 e. The monoisotopic (exact) mass is 397 g/mol. The van der Waals surface area contributed by atoms with Gasteiger partial charge in [-0.1, -0.05) is 12.2 Å². The van der Waals surface area contributed by atoms with Gasteiger partial charge in [-0.25, -0.2) is 9.97 Å². The number of nitrogen functional groups attached to an aromatic ring is 1. The number of H-pyrrole nitrogens is 1. The number of imidazole rings is 1. The summed E-state index contributed by atoms with van der Waals surface area (Å²) in [7, 11) is 0. The smallest absolute Gasteiger partial charge is 0.311 e. The number of fused-ring (bicyclic) bond motifs is 1. The standard InChI is InChI=1S/C16H23N5O5S/c1-6-18-8-11(19-15(17)20-12(8)27)21(6)13-10(9(23)7(5-22)25-13)26-14(24)16(2,3)4/h7,9-10,13,22-23H,5H2,1-4H3,(H3,17,19,20,27)/t7-,9?,10?,13-/m1/s1. The van der Waals surface area contributed by atoms with E-state index >= 15 is 0 Å². The summed E-state index contributed by atoms with van der Waals surface area (Å²) in [5.41, 5.74) is 5.82. The first-order chi connectivity index (χ1) is 12.5. The Morgan fingerprint density at radius 2 is 2.11 bits per heavy atom. The van der Waals surface area contributed by atoms with Gasteiger partial charge in [-0.05, 0) is 27.7 Å².